The van der Waals surface area contributed by atoms with Crippen molar-refractivity contribution in [1.82, 2.24) is 19.9 Å². The molecule has 0 aromatic carbocycles. The predicted octanol–water partition coefficient (Wildman–Crippen LogP) is 0.988. The summed E-state index contributed by atoms with van der Waals surface area (Å²) in [5.74, 6) is 1.03. The first-order chi connectivity index (χ1) is 13.5. The van der Waals surface area contributed by atoms with Gasteiger partial charge in [0.05, 0.1) is 11.9 Å². The molecular weight excluding hydrogens is 354 g/mol. The summed E-state index contributed by atoms with van der Waals surface area (Å²) in [6.45, 7) is 8.43. The molecule has 0 saturated carbocycles. The Labute approximate surface area is 165 Å². The molecule has 2 aromatic rings. The van der Waals surface area contributed by atoms with E-state index in [1.54, 1.807) is 6.20 Å². The number of piperazine rings is 1. The van der Waals surface area contributed by atoms with Crippen LogP contribution in [0.25, 0.3) is 0 Å². The molecule has 2 fully saturated rings. The summed E-state index contributed by atoms with van der Waals surface area (Å²) in [6, 6.07) is 4.14. The second-order valence-electron chi connectivity index (χ2n) is 7.57. The summed E-state index contributed by atoms with van der Waals surface area (Å²) >= 11 is 0. The van der Waals surface area contributed by atoms with Crippen molar-refractivity contribution in [3.63, 3.8) is 0 Å². The third kappa shape index (κ3) is 3.64. The fourth-order valence-corrected chi connectivity index (χ4v) is 3.85. The molecule has 2 aliphatic rings. The highest BCUT2D eigenvalue weighted by atomic mass is 16.2. The van der Waals surface area contributed by atoms with Crippen LogP contribution in [0.5, 0.6) is 0 Å². The molecule has 0 radical (unpaired) electrons. The summed E-state index contributed by atoms with van der Waals surface area (Å²) in [7, 11) is 0. The minimum atomic E-state index is -0.0984. The number of aromatic nitrogens is 3. The van der Waals surface area contributed by atoms with E-state index in [2.05, 4.69) is 24.8 Å². The van der Waals surface area contributed by atoms with E-state index in [4.69, 9.17) is 5.73 Å². The average Bonchev–Trinajstić information content (AvgIpc) is 3.16. The van der Waals surface area contributed by atoms with Gasteiger partial charge in [-0.3, -0.25) is 9.78 Å². The molecular formula is C20H27N7O. The van der Waals surface area contributed by atoms with Gasteiger partial charge in [0, 0.05) is 62.8 Å². The largest absolute Gasteiger partial charge is 0.367 e. The number of pyridine rings is 1. The zero-order valence-electron chi connectivity index (χ0n) is 16.5. The number of rotatable bonds is 3. The maximum absolute atomic E-state index is 13.1. The van der Waals surface area contributed by atoms with Gasteiger partial charge < -0.3 is 20.4 Å². The number of amides is 1. The number of anilines is 2. The van der Waals surface area contributed by atoms with Crippen LogP contribution in [0.2, 0.25) is 0 Å². The molecule has 2 aliphatic heterocycles. The highest BCUT2D eigenvalue weighted by Crippen LogP contribution is 2.24. The van der Waals surface area contributed by atoms with Crippen LogP contribution in [0.15, 0.2) is 24.5 Å². The van der Waals surface area contributed by atoms with E-state index in [9.17, 15) is 4.79 Å². The van der Waals surface area contributed by atoms with Crippen molar-refractivity contribution in [1.29, 1.82) is 0 Å². The number of aryl methyl sites for hydroxylation is 1. The molecule has 148 valence electrons. The molecule has 28 heavy (non-hydrogen) atoms. The molecule has 1 atom stereocenters. The molecule has 8 heteroatoms. The van der Waals surface area contributed by atoms with E-state index >= 15 is 0 Å². The highest BCUT2D eigenvalue weighted by molar-refractivity contribution is 5.91. The summed E-state index contributed by atoms with van der Waals surface area (Å²) in [5.41, 5.74) is 9.01. The summed E-state index contributed by atoms with van der Waals surface area (Å²) < 4.78 is 0. The van der Waals surface area contributed by atoms with Crippen LogP contribution in [-0.4, -0.2) is 71.1 Å². The Balaban J connectivity index is 1.49. The predicted molar refractivity (Wildman–Crippen MR) is 109 cm³/mol. The van der Waals surface area contributed by atoms with Crippen molar-refractivity contribution in [2.75, 3.05) is 49.1 Å². The number of nitrogens with zero attached hydrogens (tertiary/aromatic N) is 6. The van der Waals surface area contributed by atoms with Gasteiger partial charge in [0.15, 0.2) is 0 Å². The molecule has 2 aromatic heterocycles. The summed E-state index contributed by atoms with van der Waals surface area (Å²) in [6.07, 6.45) is 4.57. The van der Waals surface area contributed by atoms with Crippen LogP contribution in [0, 0.1) is 13.8 Å². The maximum atomic E-state index is 13.1. The van der Waals surface area contributed by atoms with Crippen LogP contribution in [0.1, 0.15) is 28.3 Å². The van der Waals surface area contributed by atoms with Crippen molar-refractivity contribution in [3.8, 4) is 0 Å². The van der Waals surface area contributed by atoms with Crippen molar-refractivity contribution in [2.45, 2.75) is 26.3 Å². The summed E-state index contributed by atoms with van der Waals surface area (Å²) in [5, 5.41) is 0. The van der Waals surface area contributed by atoms with E-state index in [1.165, 1.54) is 0 Å². The van der Waals surface area contributed by atoms with E-state index in [1.807, 2.05) is 37.1 Å². The SMILES string of the molecule is Cc1nc(C(=O)N2CCN(c3cccnc3)CC2)nc(N2CC[C@@H](N)C2)c1C. The zero-order chi connectivity index (χ0) is 19.7. The van der Waals surface area contributed by atoms with Gasteiger partial charge in [0.2, 0.25) is 5.82 Å². The smallest absolute Gasteiger partial charge is 0.291 e. The number of hydrogen-bond donors (Lipinski definition) is 1. The van der Waals surface area contributed by atoms with Gasteiger partial charge in [-0.15, -0.1) is 0 Å². The second-order valence-corrected chi connectivity index (χ2v) is 7.57. The number of carbonyl (C=O) groups excluding carboxylic acids is 1. The molecule has 0 bridgehead atoms. The van der Waals surface area contributed by atoms with Crippen LogP contribution < -0.4 is 15.5 Å². The Morgan fingerprint density at radius 2 is 1.89 bits per heavy atom. The first-order valence-electron chi connectivity index (χ1n) is 9.83. The Bertz CT molecular complexity index is 849. The van der Waals surface area contributed by atoms with Gasteiger partial charge in [0.25, 0.3) is 5.91 Å². The van der Waals surface area contributed by atoms with Crippen LogP contribution in [0.3, 0.4) is 0 Å². The molecule has 4 heterocycles. The topological polar surface area (TPSA) is 91.5 Å². The maximum Gasteiger partial charge on any atom is 0.291 e. The minimum absolute atomic E-state index is 0.0984. The van der Waals surface area contributed by atoms with Crippen LogP contribution in [-0.2, 0) is 0 Å². The summed E-state index contributed by atoms with van der Waals surface area (Å²) in [4.78, 5) is 32.6. The molecule has 1 amide bonds. The molecule has 2 N–H and O–H groups in total. The van der Waals surface area contributed by atoms with Crippen molar-refractivity contribution in [2.24, 2.45) is 5.73 Å². The van der Waals surface area contributed by atoms with E-state index in [-0.39, 0.29) is 17.8 Å². The van der Waals surface area contributed by atoms with Gasteiger partial charge in [-0.1, -0.05) is 0 Å². The first kappa shape index (κ1) is 18.6. The fraction of sp³-hybridized carbons (Fsp3) is 0.500. The lowest BCUT2D eigenvalue weighted by atomic mass is 10.2. The van der Waals surface area contributed by atoms with Gasteiger partial charge in [-0.05, 0) is 32.4 Å². The highest BCUT2D eigenvalue weighted by Gasteiger charge is 2.28. The first-order valence-corrected chi connectivity index (χ1v) is 9.83. The van der Waals surface area contributed by atoms with E-state index in [0.29, 0.717) is 13.1 Å². The Morgan fingerprint density at radius 1 is 1.11 bits per heavy atom. The third-order valence-corrected chi connectivity index (χ3v) is 5.66. The number of nitrogens with two attached hydrogens (primary N) is 1. The van der Waals surface area contributed by atoms with Crippen molar-refractivity contribution in [3.05, 3.63) is 41.6 Å². The van der Waals surface area contributed by atoms with Crippen molar-refractivity contribution >= 4 is 17.4 Å². The second kappa shape index (κ2) is 7.71. The van der Waals surface area contributed by atoms with E-state index in [0.717, 1.165) is 55.4 Å². The van der Waals surface area contributed by atoms with Crippen LogP contribution >= 0.6 is 0 Å². The zero-order valence-corrected chi connectivity index (χ0v) is 16.5. The standard InChI is InChI=1S/C20H27N7O/c1-14-15(2)23-18(24-19(14)27-7-5-16(21)13-27)20(28)26-10-8-25(9-11-26)17-4-3-6-22-12-17/h3-4,6,12,16H,5,7-11,13,21H2,1-2H3/t16-/m1/s1. The van der Waals surface area contributed by atoms with Gasteiger partial charge in [-0.2, -0.15) is 0 Å². The lowest BCUT2D eigenvalue weighted by Gasteiger charge is -2.35. The normalized spacial score (nSPS) is 20.0. The Hall–Kier alpha value is -2.74. The Morgan fingerprint density at radius 3 is 2.54 bits per heavy atom. The number of carbonyl (C=O) groups is 1. The quantitative estimate of drug-likeness (QED) is 0.848. The minimum Gasteiger partial charge on any atom is -0.367 e. The molecule has 4 rings (SSSR count). The molecule has 0 aliphatic carbocycles. The molecule has 0 unspecified atom stereocenters. The lowest BCUT2D eigenvalue weighted by Crippen LogP contribution is -2.49. The average molecular weight is 381 g/mol. The van der Waals surface area contributed by atoms with Gasteiger partial charge in [0.1, 0.15) is 5.82 Å². The monoisotopic (exact) mass is 381 g/mol. The Kier molecular flexibility index (Phi) is 5.13. The third-order valence-electron chi connectivity index (χ3n) is 5.66. The lowest BCUT2D eigenvalue weighted by molar-refractivity contribution is 0.0734. The fourth-order valence-electron chi connectivity index (χ4n) is 3.85. The van der Waals surface area contributed by atoms with Crippen LogP contribution in [0.4, 0.5) is 11.5 Å². The van der Waals surface area contributed by atoms with E-state index < -0.39 is 0 Å². The molecule has 2 saturated heterocycles. The number of hydrogen-bond acceptors (Lipinski definition) is 7. The van der Waals surface area contributed by atoms with Crippen molar-refractivity contribution < 1.29 is 4.79 Å². The molecule has 8 nitrogen and oxygen atoms in total. The molecule has 0 spiro atoms. The van der Waals surface area contributed by atoms with Gasteiger partial charge in [-0.25, -0.2) is 9.97 Å². The van der Waals surface area contributed by atoms with Gasteiger partial charge >= 0.3 is 0 Å².